The second-order valence-electron chi connectivity index (χ2n) is 18.8. The van der Waals surface area contributed by atoms with E-state index in [4.69, 9.17) is 19.4 Å². The Hall–Kier alpha value is -4.51. The molecule has 5 aliphatic rings. The van der Waals surface area contributed by atoms with Crippen LogP contribution in [0, 0.1) is 5.92 Å². The summed E-state index contributed by atoms with van der Waals surface area (Å²) in [5.41, 5.74) is 1.000. The van der Waals surface area contributed by atoms with Crippen LogP contribution in [-0.2, 0) is 29.1 Å². The van der Waals surface area contributed by atoms with Crippen molar-refractivity contribution in [2.24, 2.45) is 5.92 Å². The lowest BCUT2D eigenvalue weighted by molar-refractivity contribution is -0.141. The normalized spacial score (nSPS) is 27.6. The monoisotopic (exact) mass is 863 g/mol. The summed E-state index contributed by atoms with van der Waals surface area (Å²) in [5, 5.41) is 8.91. The van der Waals surface area contributed by atoms with Crippen molar-refractivity contribution in [2.45, 2.75) is 158 Å². The molecule has 8 rings (SSSR count). The van der Waals surface area contributed by atoms with Crippen molar-refractivity contribution in [3.8, 4) is 17.3 Å². The van der Waals surface area contributed by atoms with Gasteiger partial charge < -0.3 is 25.0 Å². The van der Waals surface area contributed by atoms with E-state index < -0.39 is 73.8 Å². The molecule has 15 nitrogen and oxygen atoms in total. The maximum atomic E-state index is 14.7. The molecule has 0 spiro atoms. The van der Waals surface area contributed by atoms with Crippen LogP contribution in [-0.4, -0.2) is 92.3 Å². The molecule has 4 amide bonds. The fraction of sp³-hybridized carbons (Fsp3) is 0.628. The molecule has 17 heteroatoms. The van der Waals surface area contributed by atoms with Crippen molar-refractivity contribution >= 4 is 56.2 Å². The Morgan fingerprint density at radius 1 is 1.07 bits per heavy atom. The summed E-state index contributed by atoms with van der Waals surface area (Å²) >= 11 is 1.66. The van der Waals surface area contributed by atoms with Gasteiger partial charge in [-0.3, -0.25) is 23.7 Å². The number of hydrogen-bond donors (Lipinski definition) is 3. The predicted octanol–water partition coefficient (Wildman–Crippen LogP) is 6.25. The number of carbonyl (C=O) groups is 4. The van der Waals surface area contributed by atoms with Crippen LogP contribution < -0.4 is 20.1 Å². The third-order valence-corrected chi connectivity index (χ3v) is 15.5. The fourth-order valence-corrected chi connectivity index (χ4v) is 10.7. The molecular weight excluding hydrogens is 807 g/mol. The number of nitrogens with zero attached hydrogens (tertiary/aromatic N) is 4. The van der Waals surface area contributed by atoms with Crippen LogP contribution in [0.15, 0.2) is 35.7 Å². The molecule has 324 valence electrons. The molecule has 1 aromatic carbocycles. The average molecular weight is 864 g/mol. The van der Waals surface area contributed by atoms with Crippen LogP contribution in [0.5, 0.6) is 6.01 Å². The second-order valence-corrected chi connectivity index (χ2v) is 21.9. The van der Waals surface area contributed by atoms with Gasteiger partial charge in [0.15, 0.2) is 0 Å². The first-order chi connectivity index (χ1) is 28.4. The number of aromatic nitrogens is 3. The SMILES string of the molecule is CC(C)n1c(O[C@@H]2C[C@H]3C(=O)N[C@]4(C(=O)NS(=O)(=O)C5(C)CC5)C[C@H]4/C=C\CCCCC[C@H](NC(=O)OC(C)(C)C)C(=O)N3C2)nc2c(-c3csc(C4CC4)n3)cccc21. The van der Waals surface area contributed by atoms with Gasteiger partial charge >= 0.3 is 6.09 Å². The van der Waals surface area contributed by atoms with Crippen molar-refractivity contribution in [1.82, 2.24) is 34.8 Å². The smallest absolute Gasteiger partial charge is 0.408 e. The predicted molar refractivity (Wildman–Crippen MR) is 227 cm³/mol. The first-order valence-electron chi connectivity index (χ1n) is 21.4. The molecule has 3 N–H and O–H groups in total. The Labute approximate surface area is 355 Å². The van der Waals surface area contributed by atoms with Crippen molar-refractivity contribution in [3.05, 3.63) is 40.7 Å². The number of amides is 4. The highest BCUT2D eigenvalue weighted by Crippen LogP contribution is 2.48. The van der Waals surface area contributed by atoms with Crippen LogP contribution in [0.2, 0.25) is 0 Å². The van der Waals surface area contributed by atoms with Gasteiger partial charge in [-0.2, -0.15) is 4.98 Å². The lowest BCUT2D eigenvalue weighted by Gasteiger charge is -2.30. The van der Waals surface area contributed by atoms with Crippen molar-refractivity contribution in [2.75, 3.05) is 6.54 Å². The number of allylic oxidation sites excluding steroid dienone is 1. The Morgan fingerprint density at radius 3 is 2.53 bits per heavy atom. The molecule has 5 atom stereocenters. The number of para-hydroxylation sites is 1. The Bertz CT molecular complexity index is 2320. The Balaban J connectivity index is 1.12. The Kier molecular flexibility index (Phi) is 11.1. The van der Waals surface area contributed by atoms with E-state index in [1.54, 1.807) is 39.0 Å². The summed E-state index contributed by atoms with van der Waals surface area (Å²) in [5.74, 6) is -1.80. The first kappa shape index (κ1) is 42.2. The van der Waals surface area contributed by atoms with E-state index in [0.717, 1.165) is 53.0 Å². The van der Waals surface area contributed by atoms with Gasteiger partial charge in [0.1, 0.15) is 34.8 Å². The molecule has 2 aliphatic heterocycles. The van der Waals surface area contributed by atoms with Gasteiger partial charge in [0, 0.05) is 35.2 Å². The average Bonchev–Trinajstić information content (AvgIpc) is 4.13. The zero-order valence-electron chi connectivity index (χ0n) is 35.3. The lowest BCUT2D eigenvalue weighted by atomic mass is 10.0. The molecule has 0 bridgehead atoms. The van der Waals surface area contributed by atoms with E-state index in [0.29, 0.717) is 44.0 Å². The fourth-order valence-electron chi connectivity index (χ4n) is 8.36. The Morgan fingerprint density at radius 2 is 1.83 bits per heavy atom. The molecule has 3 aromatic rings. The molecular formula is C43H57N7O8S2. The van der Waals surface area contributed by atoms with Gasteiger partial charge in [0.05, 0.1) is 27.5 Å². The number of imidazole rings is 1. The van der Waals surface area contributed by atoms with Gasteiger partial charge in [-0.25, -0.2) is 18.2 Å². The van der Waals surface area contributed by atoms with Gasteiger partial charge in [0.25, 0.3) is 11.9 Å². The van der Waals surface area contributed by atoms with Gasteiger partial charge in [-0.05, 0) is 99.0 Å². The quantitative estimate of drug-likeness (QED) is 0.207. The summed E-state index contributed by atoms with van der Waals surface area (Å²) < 4.78 is 42.0. The summed E-state index contributed by atoms with van der Waals surface area (Å²) in [4.78, 5) is 67.9. The highest BCUT2D eigenvalue weighted by molar-refractivity contribution is 7.91. The number of ether oxygens (including phenoxy) is 2. The maximum absolute atomic E-state index is 14.7. The van der Waals surface area contributed by atoms with Crippen molar-refractivity contribution in [1.29, 1.82) is 0 Å². The van der Waals surface area contributed by atoms with Crippen molar-refractivity contribution < 1.29 is 37.1 Å². The van der Waals surface area contributed by atoms with E-state index >= 15 is 0 Å². The highest BCUT2D eigenvalue weighted by atomic mass is 32.2. The molecule has 0 unspecified atom stereocenters. The molecule has 4 fully saturated rings. The van der Waals surface area contributed by atoms with Crippen LogP contribution in [0.25, 0.3) is 22.3 Å². The minimum absolute atomic E-state index is 0.0102. The highest BCUT2D eigenvalue weighted by Gasteiger charge is 2.63. The van der Waals surface area contributed by atoms with Crippen LogP contribution in [0.1, 0.15) is 129 Å². The largest absolute Gasteiger partial charge is 0.459 e. The van der Waals surface area contributed by atoms with E-state index in [1.165, 1.54) is 4.90 Å². The first-order valence-corrected chi connectivity index (χ1v) is 23.7. The number of benzene rings is 1. The third kappa shape index (κ3) is 8.52. The number of sulfonamides is 1. The van der Waals surface area contributed by atoms with E-state index in [9.17, 15) is 27.6 Å². The minimum atomic E-state index is -4.00. The van der Waals surface area contributed by atoms with Gasteiger partial charge in [-0.1, -0.05) is 37.1 Å². The summed E-state index contributed by atoms with van der Waals surface area (Å²) in [6.07, 6.45) is 9.02. The number of hydrogen-bond acceptors (Lipinski definition) is 11. The lowest BCUT2D eigenvalue weighted by Crippen LogP contribution is -2.58. The summed E-state index contributed by atoms with van der Waals surface area (Å²) in [6.45, 7) is 10.9. The number of alkyl carbamates (subject to hydrolysis) is 1. The number of carbonyl (C=O) groups excluding carboxylic acids is 4. The van der Waals surface area contributed by atoms with E-state index in [-0.39, 0.29) is 25.4 Å². The summed E-state index contributed by atoms with van der Waals surface area (Å²) in [6, 6.07) is 4.11. The maximum Gasteiger partial charge on any atom is 0.408 e. The second kappa shape index (κ2) is 15.8. The summed E-state index contributed by atoms with van der Waals surface area (Å²) in [7, 11) is -4.00. The van der Waals surface area contributed by atoms with Crippen LogP contribution >= 0.6 is 11.3 Å². The molecule has 4 heterocycles. The molecule has 3 saturated carbocycles. The number of fused-ring (bicyclic) bond motifs is 3. The van der Waals surface area contributed by atoms with Crippen molar-refractivity contribution in [3.63, 3.8) is 0 Å². The van der Waals surface area contributed by atoms with E-state index in [1.807, 2.05) is 48.8 Å². The zero-order valence-corrected chi connectivity index (χ0v) is 36.9. The molecule has 2 aromatic heterocycles. The standard InChI is InChI=1S/C43H57N7O8S2/c1-25(2)50-32-16-12-14-29(31-24-59-36(44-31)26-17-18-26)34(32)46-39(50)57-28-21-33-35(51)47-43(38(53)48-60(55,56)42(6)19-20-42)22-27(43)13-10-8-7-9-11-15-30(37(52)49(33)23-28)45-40(54)58-41(3,4)5/h10,12-14,16,24-28,30,33H,7-9,11,15,17-23H2,1-6H3,(H,45,54)(H,47,51)(H,48,53)/b13-10-/t27-,28-,30+,33+,43-/m1/s1. The molecule has 3 aliphatic carbocycles. The topological polar surface area (TPSA) is 191 Å². The van der Waals surface area contributed by atoms with Crippen LogP contribution in [0.4, 0.5) is 4.79 Å². The third-order valence-electron chi connectivity index (χ3n) is 12.4. The van der Waals surface area contributed by atoms with E-state index in [2.05, 4.69) is 20.7 Å². The number of rotatable bonds is 9. The van der Waals surface area contributed by atoms with Gasteiger partial charge in [0.2, 0.25) is 21.8 Å². The van der Waals surface area contributed by atoms with Gasteiger partial charge in [-0.15, -0.1) is 11.3 Å². The molecule has 0 radical (unpaired) electrons. The zero-order chi connectivity index (χ0) is 42.8. The minimum Gasteiger partial charge on any atom is -0.459 e. The molecule has 60 heavy (non-hydrogen) atoms. The van der Waals surface area contributed by atoms with Crippen LogP contribution in [0.3, 0.4) is 0 Å². The number of nitrogens with one attached hydrogen (secondary N) is 3. The number of thiazole rings is 1. The molecule has 1 saturated heterocycles.